The van der Waals surface area contributed by atoms with Crippen molar-refractivity contribution in [2.24, 2.45) is 0 Å². The zero-order valence-corrected chi connectivity index (χ0v) is 6.44. The maximum Gasteiger partial charge on any atom is 0.159 e. The van der Waals surface area contributed by atoms with Crippen LogP contribution in [0.25, 0.3) is 11.4 Å². The molecule has 0 N–H and O–H groups in total. The molecule has 1 heterocycles. The van der Waals surface area contributed by atoms with Crippen LogP contribution in [0.2, 0.25) is 0 Å². The molecule has 0 aliphatic heterocycles. The van der Waals surface area contributed by atoms with Crippen LogP contribution in [0.4, 0.5) is 0 Å². The molecular formula is C10H7N2. The quantitative estimate of drug-likeness (QED) is 0.629. The van der Waals surface area contributed by atoms with E-state index < -0.39 is 0 Å². The van der Waals surface area contributed by atoms with Crippen LogP contribution in [0, 0.1) is 6.07 Å². The van der Waals surface area contributed by atoms with Crippen LogP contribution in [-0.4, -0.2) is 9.97 Å². The Morgan fingerprint density at radius 2 is 1.67 bits per heavy atom. The molecule has 0 bridgehead atoms. The van der Waals surface area contributed by atoms with Gasteiger partial charge in [0, 0.05) is 18.0 Å². The molecule has 1 radical (unpaired) electrons. The van der Waals surface area contributed by atoms with E-state index in [1.165, 1.54) is 0 Å². The van der Waals surface area contributed by atoms with Crippen molar-refractivity contribution < 1.29 is 0 Å². The van der Waals surface area contributed by atoms with Gasteiger partial charge in [0.2, 0.25) is 0 Å². The standard InChI is InChI=1S/C10H7N2/c1-2-5-9(6-3-1)10-11-7-4-8-12-10/h2-8H. The molecule has 0 amide bonds. The Morgan fingerprint density at radius 1 is 1.00 bits per heavy atom. The van der Waals surface area contributed by atoms with Crippen molar-refractivity contribution in [2.75, 3.05) is 0 Å². The van der Waals surface area contributed by atoms with Crippen LogP contribution >= 0.6 is 0 Å². The Morgan fingerprint density at radius 3 is 2.33 bits per heavy atom. The minimum absolute atomic E-state index is 0.756. The van der Waals surface area contributed by atoms with Gasteiger partial charge >= 0.3 is 0 Å². The Bertz CT molecular complexity index is 305. The minimum Gasteiger partial charge on any atom is -0.237 e. The molecule has 0 saturated carbocycles. The molecule has 0 aliphatic carbocycles. The maximum atomic E-state index is 4.12. The van der Waals surface area contributed by atoms with Crippen LogP contribution in [0.15, 0.2) is 42.7 Å². The zero-order chi connectivity index (χ0) is 8.23. The number of hydrogen-bond acceptors (Lipinski definition) is 2. The summed E-state index contributed by atoms with van der Waals surface area (Å²) in [5, 5.41) is 0. The van der Waals surface area contributed by atoms with Gasteiger partial charge in [0.05, 0.1) is 0 Å². The molecule has 12 heavy (non-hydrogen) atoms. The summed E-state index contributed by atoms with van der Waals surface area (Å²) >= 11 is 0. The molecule has 2 aromatic rings. The van der Waals surface area contributed by atoms with Crippen LogP contribution < -0.4 is 0 Å². The van der Waals surface area contributed by atoms with Gasteiger partial charge < -0.3 is 0 Å². The van der Waals surface area contributed by atoms with E-state index in [-0.39, 0.29) is 0 Å². The second-order valence-electron chi connectivity index (χ2n) is 2.36. The highest BCUT2D eigenvalue weighted by Crippen LogP contribution is 2.11. The van der Waals surface area contributed by atoms with Gasteiger partial charge in [-0.15, -0.1) is 0 Å². The summed E-state index contributed by atoms with van der Waals surface area (Å²) in [6.45, 7) is 0. The van der Waals surface area contributed by atoms with Crippen molar-refractivity contribution >= 4 is 0 Å². The second kappa shape index (κ2) is 3.13. The number of aromatic nitrogens is 2. The molecule has 1 aromatic heterocycles. The van der Waals surface area contributed by atoms with E-state index in [9.17, 15) is 0 Å². The van der Waals surface area contributed by atoms with Crippen molar-refractivity contribution in [3.63, 3.8) is 0 Å². The van der Waals surface area contributed by atoms with E-state index in [4.69, 9.17) is 0 Å². The van der Waals surface area contributed by atoms with Gasteiger partial charge in [0.15, 0.2) is 5.82 Å². The van der Waals surface area contributed by atoms with E-state index in [1.807, 2.05) is 24.3 Å². The molecule has 0 saturated heterocycles. The lowest BCUT2D eigenvalue weighted by Gasteiger charge is -1.95. The molecule has 1 aromatic carbocycles. The van der Waals surface area contributed by atoms with Crippen molar-refractivity contribution in [2.45, 2.75) is 0 Å². The van der Waals surface area contributed by atoms with Crippen molar-refractivity contribution in [1.82, 2.24) is 9.97 Å². The third-order valence-electron chi connectivity index (χ3n) is 1.54. The van der Waals surface area contributed by atoms with Crippen molar-refractivity contribution in [3.05, 3.63) is 48.8 Å². The maximum absolute atomic E-state index is 4.12. The highest BCUT2D eigenvalue weighted by atomic mass is 14.8. The summed E-state index contributed by atoms with van der Waals surface area (Å²) in [7, 11) is 0. The molecule has 2 nitrogen and oxygen atoms in total. The minimum atomic E-state index is 0.756. The molecule has 0 unspecified atom stereocenters. The van der Waals surface area contributed by atoms with Crippen molar-refractivity contribution in [1.29, 1.82) is 0 Å². The molecule has 0 aliphatic rings. The van der Waals surface area contributed by atoms with Gasteiger partial charge in [-0.05, 0) is 12.1 Å². The lowest BCUT2D eigenvalue weighted by atomic mass is 10.2. The third-order valence-corrected chi connectivity index (χ3v) is 1.54. The molecular weight excluding hydrogens is 148 g/mol. The Balaban J connectivity index is 2.46. The molecule has 0 spiro atoms. The van der Waals surface area contributed by atoms with Gasteiger partial charge in [-0.2, -0.15) is 0 Å². The predicted molar refractivity (Wildman–Crippen MR) is 46.3 cm³/mol. The Labute approximate surface area is 70.9 Å². The monoisotopic (exact) mass is 155 g/mol. The van der Waals surface area contributed by atoms with Crippen LogP contribution in [0.1, 0.15) is 0 Å². The van der Waals surface area contributed by atoms with Crippen LogP contribution in [0.3, 0.4) is 0 Å². The second-order valence-corrected chi connectivity index (χ2v) is 2.36. The summed E-state index contributed by atoms with van der Waals surface area (Å²) in [5.74, 6) is 0.756. The Kier molecular flexibility index (Phi) is 1.82. The van der Waals surface area contributed by atoms with E-state index >= 15 is 0 Å². The molecule has 2 heteroatoms. The fourth-order valence-corrected chi connectivity index (χ4v) is 0.984. The van der Waals surface area contributed by atoms with Crippen LogP contribution in [-0.2, 0) is 0 Å². The largest absolute Gasteiger partial charge is 0.237 e. The van der Waals surface area contributed by atoms with Gasteiger partial charge in [-0.1, -0.05) is 24.3 Å². The normalized spacial score (nSPS) is 9.67. The summed E-state index contributed by atoms with van der Waals surface area (Å²) in [6.07, 6.45) is 3.47. The average Bonchev–Trinajstić information content (AvgIpc) is 2.21. The lowest BCUT2D eigenvalue weighted by Crippen LogP contribution is -1.84. The van der Waals surface area contributed by atoms with Gasteiger partial charge in [-0.3, -0.25) is 0 Å². The van der Waals surface area contributed by atoms with Crippen molar-refractivity contribution in [3.8, 4) is 11.4 Å². The summed E-state index contributed by atoms with van der Waals surface area (Å²) in [5.41, 5.74) is 1.02. The van der Waals surface area contributed by atoms with Gasteiger partial charge in [-0.25, -0.2) is 9.97 Å². The first kappa shape index (κ1) is 6.98. The molecule has 57 valence electrons. The SMILES string of the molecule is [c]1ccc(-c2ncccn2)cc1. The van der Waals surface area contributed by atoms with E-state index in [2.05, 4.69) is 16.0 Å². The smallest absolute Gasteiger partial charge is 0.159 e. The van der Waals surface area contributed by atoms with Gasteiger partial charge in [0.25, 0.3) is 0 Å². The highest BCUT2D eigenvalue weighted by Gasteiger charge is 1.95. The summed E-state index contributed by atoms with van der Waals surface area (Å²) in [4.78, 5) is 8.25. The Hall–Kier alpha value is -1.70. The topological polar surface area (TPSA) is 25.8 Å². The van der Waals surface area contributed by atoms with E-state index in [0.29, 0.717) is 0 Å². The first-order chi connectivity index (χ1) is 5.97. The third kappa shape index (κ3) is 1.32. The first-order valence-corrected chi connectivity index (χ1v) is 3.70. The predicted octanol–water partition coefficient (Wildman–Crippen LogP) is 1.94. The number of benzene rings is 1. The summed E-state index contributed by atoms with van der Waals surface area (Å²) < 4.78 is 0. The zero-order valence-electron chi connectivity index (χ0n) is 6.44. The number of nitrogens with zero attached hydrogens (tertiary/aromatic N) is 2. The molecule has 0 atom stereocenters. The van der Waals surface area contributed by atoms with Crippen LogP contribution in [0.5, 0.6) is 0 Å². The molecule has 0 fully saturated rings. The number of rotatable bonds is 1. The average molecular weight is 155 g/mol. The van der Waals surface area contributed by atoms with E-state index in [1.54, 1.807) is 18.5 Å². The van der Waals surface area contributed by atoms with E-state index in [0.717, 1.165) is 11.4 Å². The fourth-order valence-electron chi connectivity index (χ4n) is 0.984. The lowest BCUT2D eigenvalue weighted by molar-refractivity contribution is 1.18. The summed E-state index contributed by atoms with van der Waals surface area (Å²) in [6, 6.07) is 12.3. The highest BCUT2D eigenvalue weighted by molar-refractivity contribution is 5.53. The molecule has 2 rings (SSSR count). The number of hydrogen-bond donors (Lipinski definition) is 0. The first-order valence-electron chi connectivity index (χ1n) is 3.70. The van der Waals surface area contributed by atoms with Gasteiger partial charge in [0.1, 0.15) is 0 Å². The fraction of sp³-hybridized carbons (Fsp3) is 0.